The SMILES string of the molecule is CC(=O)SCCC(=O)Nc1ccccc1-c1c2nc(c(-c3ccccc3NC(=O)CCSC(C)=O)c3ccc([nH]3)c(-c3ccccc3NC(=O)CCSC(C)=O)c3nc(c(-c4ccccc4NC(=O)CCSC(C)=O)c4ccc1[nH]4)C=C3)C=C2. The van der Waals surface area contributed by atoms with Crippen molar-refractivity contribution in [3.63, 3.8) is 0 Å². The van der Waals surface area contributed by atoms with Crippen LogP contribution in [0.2, 0.25) is 0 Å². The monoisotopic (exact) mass is 1190 g/mol. The van der Waals surface area contributed by atoms with Crippen molar-refractivity contribution in [1.82, 2.24) is 19.9 Å². The highest BCUT2D eigenvalue weighted by Crippen LogP contribution is 2.43. The number of thioether (sulfide) groups is 4. The number of amides is 4. The summed E-state index contributed by atoms with van der Waals surface area (Å²) in [6.45, 7) is 5.85. The Labute approximate surface area is 501 Å². The number of hydrogen-bond acceptors (Lipinski definition) is 14. The summed E-state index contributed by atoms with van der Waals surface area (Å²) in [5.74, 6) is 0.0331. The third-order valence-corrected chi connectivity index (χ3v) is 16.4. The second kappa shape index (κ2) is 28.1. The minimum absolute atomic E-state index is 0.0839. The van der Waals surface area contributed by atoms with E-state index in [1.165, 1.54) is 27.7 Å². The molecule has 426 valence electrons. The number of anilines is 4. The Bertz CT molecular complexity index is 3520. The van der Waals surface area contributed by atoms with Gasteiger partial charge in [0.1, 0.15) is 0 Å². The smallest absolute Gasteiger partial charge is 0.225 e. The lowest BCUT2D eigenvalue weighted by molar-refractivity contribution is -0.116. The number of fused-ring (bicyclic) bond motifs is 8. The molecular formula is C64H58N8O8S4. The summed E-state index contributed by atoms with van der Waals surface area (Å²) >= 11 is 4.30. The van der Waals surface area contributed by atoms with Crippen LogP contribution in [-0.2, 0) is 38.4 Å². The van der Waals surface area contributed by atoms with E-state index in [1.807, 2.05) is 146 Å². The van der Waals surface area contributed by atoms with Crippen LogP contribution >= 0.6 is 47.0 Å². The predicted molar refractivity (Wildman–Crippen MR) is 346 cm³/mol. The predicted octanol–water partition coefficient (Wildman–Crippen LogP) is 13.8. The van der Waals surface area contributed by atoms with E-state index in [-0.39, 0.29) is 69.8 Å². The number of hydrogen-bond donors (Lipinski definition) is 6. The number of carbonyl (C=O) groups excluding carboxylic acids is 8. The minimum Gasteiger partial charge on any atom is -0.354 e. The topological polar surface area (TPSA) is 242 Å². The fraction of sp³-hybridized carbons (Fsp3) is 0.188. The highest BCUT2D eigenvalue weighted by molar-refractivity contribution is 8.14. The molecule has 2 aliphatic rings. The molecule has 20 heteroatoms. The Morgan fingerprint density at radius 3 is 0.762 bits per heavy atom. The van der Waals surface area contributed by atoms with Gasteiger partial charge in [-0.1, -0.05) is 120 Å². The lowest BCUT2D eigenvalue weighted by atomic mass is 10.0. The van der Waals surface area contributed by atoms with Gasteiger partial charge in [-0.25, -0.2) is 9.97 Å². The number of para-hydroxylation sites is 4. The van der Waals surface area contributed by atoms with Crippen molar-refractivity contribution < 1.29 is 38.4 Å². The van der Waals surface area contributed by atoms with Crippen LogP contribution in [0.1, 0.15) is 76.2 Å². The van der Waals surface area contributed by atoms with Gasteiger partial charge >= 0.3 is 0 Å². The highest BCUT2D eigenvalue weighted by atomic mass is 32.2. The Kier molecular flexibility index (Phi) is 20.1. The van der Waals surface area contributed by atoms with Crippen molar-refractivity contribution in [3.8, 4) is 44.5 Å². The van der Waals surface area contributed by atoms with Crippen LogP contribution in [-0.4, -0.2) is 87.0 Å². The van der Waals surface area contributed by atoms with E-state index in [4.69, 9.17) is 9.97 Å². The molecule has 0 spiro atoms. The maximum absolute atomic E-state index is 13.7. The summed E-state index contributed by atoms with van der Waals surface area (Å²) in [5, 5.41) is 12.0. The maximum atomic E-state index is 13.7. The van der Waals surface area contributed by atoms with E-state index < -0.39 is 0 Å². The minimum atomic E-state index is -0.290. The third-order valence-electron chi connectivity index (χ3n) is 13.2. The number of benzene rings is 4. The largest absolute Gasteiger partial charge is 0.354 e. The molecule has 0 saturated heterocycles. The Morgan fingerprint density at radius 2 is 0.548 bits per heavy atom. The molecule has 0 aliphatic carbocycles. The van der Waals surface area contributed by atoms with Crippen LogP contribution in [0.3, 0.4) is 0 Å². The van der Waals surface area contributed by atoms with Gasteiger partial charge in [0, 0.05) is 166 Å². The first-order valence-corrected chi connectivity index (χ1v) is 30.8. The summed E-state index contributed by atoms with van der Waals surface area (Å²) in [6, 6.07) is 37.3. The molecule has 9 rings (SSSR count). The number of nitrogens with one attached hydrogen (secondary N) is 6. The van der Waals surface area contributed by atoms with Crippen LogP contribution in [0.4, 0.5) is 22.7 Å². The van der Waals surface area contributed by atoms with E-state index in [2.05, 4.69) is 31.2 Å². The van der Waals surface area contributed by atoms with Crippen LogP contribution in [0, 0.1) is 0 Å². The number of carbonyl (C=O) groups is 8. The molecule has 5 heterocycles. The zero-order valence-corrected chi connectivity index (χ0v) is 49.6. The molecule has 84 heavy (non-hydrogen) atoms. The lowest BCUT2D eigenvalue weighted by Crippen LogP contribution is -2.13. The fourth-order valence-electron chi connectivity index (χ4n) is 9.58. The number of aromatic nitrogens is 4. The number of nitrogens with zero attached hydrogens (tertiary/aromatic N) is 2. The fourth-order valence-corrected chi connectivity index (χ4v) is 11.9. The van der Waals surface area contributed by atoms with Crippen LogP contribution in [0.5, 0.6) is 0 Å². The zero-order valence-electron chi connectivity index (χ0n) is 46.3. The van der Waals surface area contributed by atoms with Gasteiger partial charge < -0.3 is 31.2 Å². The van der Waals surface area contributed by atoms with Gasteiger partial charge in [-0.15, -0.1) is 0 Å². The number of rotatable bonds is 20. The molecule has 0 unspecified atom stereocenters. The van der Waals surface area contributed by atoms with Crippen LogP contribution < -0.4 is 21.3 Å². The first-order chi connectivity index (χ1) is 40.6. The average Bonchev–Trinajstić information content (AvgIpc) is 4.25. The molecule has 7 aromatic rings. The normalized spacial score (nSPS) is 11.5. The molecular weight excluding hydrogens is 1140 g/mol. The summed E-state index contributed by atoms with van der Waals surface area (Å²) in [6.07, 6.45) is 7.91. The molecule has 4 aromatic carbocycles. The molecule has 2 aliphatic heterocycles. The quantitative estimate of drug-likeness (QED) is 0.0416. The molecule has 16 nitrogen and oxygen atoms in total. The molecule has 0 radical (unpaired) electrons. The molecule has 6 N–H and O–H groups in total. The van der Waals surface area contributed by atoms with Crippen molar-refractivity contribution in [2.45, 2.75) is 53.4 Å². The van der Waals surface area contributed by atoms with E-state index >= 15 is 0 Å². The molecule has 3 aromatic heterocycles. The Morgan fingerprint density at radius 1 is 0.333 bits per heavy atom. The van der Waals surface area contributed by atoms with Gasteiger partial charge in [-0.2, -0.15) is 0 Å². The average molecular weight is 1200 g/mol. The van der Waals surface area contributed by atoms with Gasteiger partial charge in [-0.3, -0.25) is 38.4 Å². The van der Waals surface area contributed by atoms with E-state index in [0.717, 1.165) is 47.0 Å². The Balaban J connectivity index is 1.37. The number of aromatic amines is 2. The standard InChI is InChI=1S/C64H58N8O8S4/c1-37(73)81-33-29-57(77)69-45-17-9-5-13-41(45)61-49-21-23-51(65-49)62(42-14-6-10-18-46(42)70-58(78)30-34-82-38(2)74)53-25-27-55(67-53)64(44-16-8-12-20-48(44)72-60(80)32-36-84-40(4)76)56-28-26-54(68-56)63(52-24-22-50(61)66-52)43-15-7-11-19-47(43)71-59(79)31-35-83-39(3)75/h5-28,65,68H,29-36H2,1-4H3,(H,69,77)(H,70,78)(H,71,79)(H,72,80). The van der Waals surface area contributed by atoms with Crippen molar-refractivity contribution in [2.24, 2.45) is 0 Å². The molecule has 4 amide bonds. The van der Waals surface area contributed by atoms with Crippen LogP contribution in [0.25, 0.3) is 90.9 Å². The first-order valence-electron chi connectivity index (χ1n) is 26.9. The Hall–Kier alpha value is -8.56. The molecule has 0 atom stereocenters. The zero-order chi connectivity index (χ0) is 59.3. The highest BCUT2D eigenvalue weighted by Gasteiger charge is 2.24. The molecule has 8 bridgehead atoms. The molecule has 0 saturated carbocycles. The van der Waals surface area contributed by atoms with E-state index in [0.29, 0.717) is 135 Å². The molecule has 0 fully saturated rings. The van der Waals surface area contributed by atoms with Gasteiger partial charge in [0.25, 0.3) is 0 Å². The first kappa shape index (κ1) is 60.0. The van der Waals surface area contributed by atoms with E-state index in [1.54, 1.807) is 0 Å². The number of H-pyrrole nitrogens is 2. The van der Waals surface area contributed by atoms with Gasteiger partial charge in [0.05, 0.1) is 22.8 Å². The summed E-state index contributed by atoms with van der Waals surface area (Å²) in [5.41, 5.74) is 11.3. The second-order valence-electron chi connectivity index (χ2n) is 19.2. The van der Waals surface area contributed by atoms with Gasteiger partial charge in [0.15, 0.2) is 20.5 Å². The van der Waals surface area contributed by atoms with Crippen LogP contribution in [0.15, 0.2) is 121 Å². The summed E-state index contributed by atoms with van der Waals surface area (Å²) in [4.78, 5) is 120. The van der Waals surface area contributed by atoms with E-state index in [9.17, 15) is 38.4 Å². The van der Waals surface area contributed by atoms with Gasteiger partial charge in [0.2, 0.25) is 23.6 Å². The van der Waals surface area contributed by atoms with Crippen molar-refractivity contribution in [2.75, 3.05) is 44.3 Å². The third kappa shape index (κ3) is 15.2. The van der Waals surface area contributed by atoms with Crippen molar-refractivity contribution >= 4 is 160 Å². The van der Waals surface area contributed by atoms with Gasteiger partial charge in [-0.05, 0) is 72.8 Å². The summed E-state index contributed by atoms with van der Waals surface area (Å²) < 4.78 is 0. The van der Waals surface area contributed by atoms with Crippen molar-refractivity contribution in [3.05, 3.63) is 144 Å². The summed E-state index contributed by atoms with van der Waals surface area (Å²) in [7, 11) is 0. The van der Waals surface area contributed by atoms with Crippen molar-refractivity contribution in [1.29, 1.82) is 0 Å². The maximum Gasteiger partial charge on any atom is 0.225 e. The lowest BCUT2D eigenvalue weighted by Gasteiger charge is -2.14. The second-order valence-corrected chi connectivity index (χ2v) is 24.3.